The van der Waals surface area contributed by atoms with E-state index in [0.717, 1.165) is 17.9 Å². The summed E-state index contributed by atoms with van der Waals surface area (Å²) in [4.78, 5) is 6.42. The van der Waals surface area contributed by atoms with Gasteiger partial charge in [0.2, 0.25) is 0 Å². The minimum Gasteiger partial charge on any atom is -0.389 e. The summed E-state index contributed by atoms with van der Waals surface area (Å²) in [7, 11) is 0. The lowest BCUT2D eigenvalue weighted by molar-refractivity contribution is 0.199. The second-order valence-corrected chi connectivity index (χ2v) is 5.17. The molecular weight excluding hydrogens is 267 g/mol. The number of aliphatic hydroxyl groups is 1. The fraction of sp³-hybridized carbons (Fsp3) is 0.353. The van der Waals surface area contributed by atoms with Gasteiger partial charge in [0.05, 0.1) is 18.3 Å². The minimum absolute atomic E-state index is 0.288. The predicted octanol–water partition coefficient (Wildman–Crippen LogP) is 3.61. The molecule has 0 aliphatic rings. The van der Waals surface area contributed by atoms with Gasteiger partial charge in [-0.2, -0.15) is 0 Å². The van der Waals surface area contributed by atoms with E-state index in [0.29, 0.717) is 17.7 Å². The van der Waals surface area contributed by atoms with E-state index in [1.807, 2.05) is 25.1 Å². The van der Waals surface area contributed by atoms with Gasteiger partial charge in [-0.3, -0.25) is 4.98 Å². The van der Waals surface area contributed by atoms with Crippen LogP contribution < -0.4 is 4.90 Å². The summed E-state index contributed by atoms with van der Waals surface area (Å²) in [6.07, 6.45) is 1.04. The number of halogens is 1. The average molecular weight is 288 g/mol. The Morgan fingerprint density at radius 1 is 1.33 bits per heavy atom. The van der Waals surface area contributed by atoms with Crippen LogP contribution in [-0.2, 0) is 6.54 Å². The molecule has 112 valence electrons. The van der Waals surface area contributed by atoms with Gasteiger partial charge >= 0.3 is 0 Å². The second-order valence-electron chi connectivity index (χ2n) is 5.17. The van der Waals surface area contributed by atoms with Gasteiger partial charge in [-0.05, 0) is 50.6 Å². The molecule has 0 saturated heterocycles. The molecule has 0 saturated carbocycles. The molecule has 0 spiro atoms. The van der Waals surface area contributed by atoms with E-state index in [9.17, 15) is 9.50 Å². The SMILES string of the molecule is CCN(Cc1ccccn1)c1cc(C)c(F)cc1C(C)O. The van der Waals surface area contributed by atoms with Crippen LogP contribution in [0.3, 0.4) is 0 Å². The zero-order valence-corrected chi connectivity index (χ0v) is 12.7. The standard InChI is InChI=1S/C17H21FN2O/c1-4-20(11-14-7-5-6-8-19-14)17-9-12(2)16(18)10-15(17)13(3)21/h5-10,13,21H,4,11H2,1-3H3. The van der Waals surface area contributed by atoms with Crippen LogP contribution in [0.5, 0.6) is 0 Å². The molecule has 0 aliphatic heterocycles. The maximum absolute atomic E-state index is 13.8. The Bertz CT molecular complexity index is 599. The number of rotatable bonds is 5. The van der Waals surface area contributed by atoms with Crippen LogP contribution in [0.4, 0.5) is 10.1 Å². The normalized spacial score (nSPS) is 12.2. The molecular formula is C17H21FN2O. The molecule has 2 aromatic rings. The molecule has 1 aromatic carbocycles. The Labute approximate surface area is 125 Å². The van der Waals surface area contributed by atoms with Crippen LogP contribution >= 0.6 is 0 Å². The molecule has 0 aliphatic carbocycles. The highest BCUT2D eigenvalue weighted by Gasteiger charge is 2.16. The van der Waals surface area contributed by atoms with Crippen molar-refractivity contribution in [1.82, 2.24) is 4.98 Å². The van der Waals surface area contributed by atoms with Gasteiger partial charge in [0.15, 0.2) is 0 Å². The van der Waals surface area contributed by atoms with Crippen molar-refractivity contribution in [3.05, 3.63) is 59.2 Å². The average Bonchev–Trinajstić information content (AvgIpc) is 2.48. The highest BCUT2D eigenvalue weighted by molar-refractivity contribution is 5.56. The molecule has 21 heavy (non-hydrogen) atoms. The van der Waals surface area contributed by atoms with Crippen molar-refractivity contribution in [2.24, 2.45) is 0 Å². The molecule has 1 unspecified atom stereocenters. The Hall–Kier alpha value is -1.94. The zero-order chi connectivity index (χ0) is 15.4. The van der Waals surface area contributed by atoms with E-state index in [-0.39, 0.29) is 5.82 Å². The van der Waals surface area contributed by atoms with E-state index in [1.54, 1.807) is 26.1 Å². The van der Waals surface area contributed by atoms with Gasteiger partial charge in [0.25, 0.3) is 0 Å². The van der Waals surface area contributed by atoms with Gasteiger partial charge in [0, 0.05) is 24.0 Å². The number of hydrogen-bond donors (Lipinski definition) is 1. The van der Waals surface area contributed by atoms with Crippen LogP contribution in [0.1, 0.15) is 36.8 Å². The molecule has 0 radical (unpaired) electrons. The third kappa shape index (κ3) is 3.58. The van der Waals surface area contributed by atoms with Crippen molar-refractivity contribution < 1.29 is 9.50 Å². The molecule has 4 heteroatoms. The van der Waals surface area contributed by atoms with Gasteiger partial charge < -0.3 is 10.0 Å². The van der Waals surface area contributed by atoms with Gasteiger partial charge in [-0.1, -0.05) is 6.07 Å². The number of aryl methyl sites for hydroxylation is 1. The second kappa shape index (κ2) is 6.68. The summed E-state index contributed by atoms with van der Waals surface area (Å²) in [6.45, 7) is 6.80. The molecule has 1 aromatic heterocycles. The highest BCUT2D eigenvalue weighted by Crippen LogP contribution is 2.30. The number of hydrogen-bond acceptors (Lipinski definition) is 3. The minimum atomic E-state index is -0.715. The first-order chi connectivity index (χ1) is 10.0. The largest absolute Gasteiger partial charge is 0.389 e. The number of aromatic nitrogens is 1. The quantitative estimate of drug-likeness (QED) is 0.913. The first kappa shape index (κ1) is 15.4. The van der Waals surface area contributed by atoms with E-state index in [2.05, 4.69) is 9.88 Å². The molecule has 1 atom stereocenters. The lowest BCUT2D eigenvalue weighted by Crippen LogP contribution is -2.24. The monoisotopic (exact) mass is 288 g/mol. The fourth-order valence-corrected chi connectivity index (χ4v) is 2.34. The van der Waals surface area contributed by atoms with Crippen molar-refractivity contribution in [1.29, 1.82) is 0 Å². The molecule has 0 fully saturated rings. The topological polar surface area (TPSA) is 36.4 Å². The zero-order valence-electron chi connectivity index (χ0n) is 12.7. The first-order valence-electron chi connectivity index (χ1n) is 7.16. The number of nitrogens with zero attached hydrogens (tertiary/aromatic N) is 2. The summed E-state index contributed by atoms with van der Waals surface area (Å²) in [6, 6.07) is 9.01. The molecule has 3 nitrogen and oxygen atoms in total. The Kier molecular flexibility index (Phi) is 4.91. The van der Waals surface area contributed by atoms with E-state index < -0.39 is 6.10 Å². The lowest BCUT2D eigenvalue weighted by atomic mass is 10.0. The van der Waals surface area contributed by atoms with Crippen LogP contribution in [0, 0.1) is 12.7 Å². The predicted molar refractivity (Wildman–Crippen MR) is 82.7 cm³/mol. The Morgan fingerprint density at radius 2 is 2.10 bits per heavy atom. The molecule has 0 amide bonds. The third-order valence-electron chi connectivity index (χ3n) is 3.56. The third-order valence-corrected chi connectivity index (χ3v) is 3.56. The summed E-state index contributed by atoms with van der Waals surface area (Å²) < 4.78 is 13.8. The summed E-state index contributed by atoms with van der Waals surface area (Å²) in [5.41, 5.74) is 2.99. The van der Waals surface area contributed by atoms with Crippen molar-refractivity contribution in [2.75, 3.05) is 11.4 Å². The summed E-state index contributed by atoms with van der Waals surface area (Å²) in [5, 5.41) is 9.92. The van der Waals surface area contributed by atoms with E-state index in [4.69, 9.17) is 0 Å². The summed E-state index contributed by atoms with van der Waals surface area (Å²) in [5.74, 6) is -0.288. The van der Waals surface area contributed by atoms with Gasteiger partial charge in [0.1, 0.15) is 5.82 Å². The van der Waals surface area contributed by atoms with Gasteiger partial charge in [-0.25, -0.2) is 4.39 Å². The van der Waals surface area contributed by atoms with Crippen molar-refractivity contribution >= 4 is 5.69 Å². The van der Waals surface area contributed by atoms with E-state index in [1.165, 1.54) is 6.07 Å². The molecule has 1 heterocycles. The van der Waals surface area contributed by atoms with Crippen LogP contribution in [-0.4, -0.2) is 16.6 Å². The van der Waals surface area contributed by atoms with Crippen molar-refractivity contribution in [3.63, 3.8) is 0 Å². The van der Waals surface area contributed by atoms with Crippen molar-refractivity contribution in [2.45, 2.75) is 33.4 Å². The smallest absolute Gasteiger partial charge is 0.126 e. The molecule has 0 bridgehead atoms. The number of anilines is 1. The number of pyridine rings is 1. The maximum Gasteiger partial charge on any atom is 0.126 e. The maximum atomic E-state index is 13.8. The van der Waals surface area contributed by atoms with Crippen LogP contribution in [0.2, 0.25) is 0 Å². The van der Waals surface area contributed by atoms with E-state index >= 15 is 0 Å². The Balaban J connectivity index is 2.39. The fourth-order valence-electron chi connectivity index (χ4n) is 2.34. The van der Waals surface area contributed by atoms with Crippen LogP contribution in [0.15, 0.2) is 36.5 Å². The summed E-state index contributed by atoms with van der Waals surface area (Å²) >= 11 is 0. The van der Waals surface area contributed by atoms with Crippen LogP contribution in [0.25, 0.3) is 0 Å². The lowest BCUT2D eigenvalue weighted by Gasteiger charge is -2.27. The molecule has 1 N–H and O–H groups in total. The highest BCUT2D eigenvalue weighted by atomic mass is 19.1. The number of aliphatic hydroxyl groups excluding tert-OH is 1. The van der Waals surface area contributed by atoms with Gasteiger partial charge in [-0.15, -0.1) is 0 Å². The Morgan fingerprint density at radius 3 is 2.67 bits per heavy atom. The first-order valence-corrected chi connectivity index (χ1v) is 7.16. The number of benzene rings is 1. The van der Waals surface area contributed by atoms with Crippen molar-refractivity contribution in [3.8, 4) is 0 Å². The molecule has 2 rings (SSSR count).